The predicted molar refractivity (Wildman–Crippen MR) is 75.5 cm³/mol. The average Bonchev–Trinajstić information content (AvgIpc) is 3.08. The smallest absolute Gasteiger partial charge is 0.233 e. The fourth-order valence-corrected chi connectivity index (χ4v) is 3.41. The second-order valence-electron chi connectivity index (χ2n) is 5.33. The van der Waals surface area contributed by atoms with Gasteiger partial charge in [-0.25, -0.2) is 0 Å². The first-order valence-electron chi connectivity index (χ1n) is 6.65. The summed E-state index contributed by atoms with van der Waals surface area (Å²) < 4.78 is 0. The molecule has 1 amide bonds. The van der Waals surface area contributed by atoms with Crippen LogP contribution in [0.4, 0.5) is 0 Å². The van der Waals surface area contributed by atoms with Crippen LogP contribution in [-0.4, -0.2) is 23.2 Å². The Hall–Kier alpha value is -1.86. The summed E-state index contributed by atoms with van der Waals surface area (Å²) in [5.41, 5.74) is -0.0460. The van der Waals surface area contributed by atoms with E-state index in [4.69, 9.17) is 17.0 Å². The SMILES string of the molecule is CCCN1C(=N)[C@]2(C#N)[C@H](C1=O)[C@H]2c1ccc(Cl)cc1. The van der Waals surface area contributed by atoms with Gasteiger partial charge in [0, 0.05) is 17.5 Å². The Labute approximate surface area is 122 Å². The van der Waals surface area contributed by atoms with Gasteiger partial charge in [0.25, 0.3) is 0 Å². The van der Waals surface area contributed by atoms with Crippen LogP contribution in [0.5, 0.6) is 0 Å². The third kappa shape index (κ3) is 1.47. The minimum atomic E-state index is -0.958. The molecule has 1 aliphatic carbocycles. The molecular weight excluding hydrogens is 274 g/mol. The molecular formula is C15H14ClN3O. The van der Waals surface area contributed by atoms with Crippen LogP contribution in [0.25, 0.3) is 0 Å². The second-order valence-corrected chi connectivity index (χ2v) is 5.76. The lowest BCUT2D eigenvalue weighted by atomic mass is 9.99. The molecule has 1 aromatic rings. The number of nitrogens with zero attached hydrogens (tertiary/aromatic N) is 2. The quantitative estimate of drug-likeness (QED) is 0.929. The number of carbonyl (C=O) groups excluding carboxylic acids is 1. The maximum absolute atomic E-state index is 12.4. The van der Waals surface area contributed by atoms with Crippen molar-refractivity contribution in [1.82, 2.24) is 4.90 Å². The van der Waals surface area contributed by atoms with Crippen molar-refractivity contribution in [3.05, 3.63) is 34.9 Å². The zero-order chi connectivity index (χ0) is 14.5. The van der Waals surface area contributed by atoms with Gasteiger partial charge in [-0.3, -0.25) is 15.1 Å². The number of benzene rings is 1. The van der Waals surface area contributed by atoms with Gasteiger partial charge < -0.3 is 0 Å². The molecule has 0 radical (unpaired) electrons. The van der Waals surface area contributed by atoms with Crippen LogP contribution in [0.2, 0.25) is 5.02 Å². The molecule has 0 spiro atoms. The third-order valence-electron chi connectivity index (χ3n) is 4.26. The highest BCUT2D eigenvalue weighted by atomic mass is 35.5. The van der Waals surface area contributed by atoms with Gasteiger partial charge in [0.15, 0.2) is 0 Å². The lowest BCUT2D eigenvalue weighted by Gasteiger charge is -2.21. The van der Waals surface area contributed by atoms with Crippen molar-refractivity contribution in [2.75, 3.05) is 6.54 Å². The van der Waals surface area contributed by atoms with Crippen LogP contribution in [0, 0.1) is 28.1 Å². The molecule has 5 heteroatoms. The number of piperidine rings is 1. The van der Waals surface area contributed by atoms with Crippen molar-refractivity contribution in [1.29, 1.82) is 10.7 Å². The standard InChI is InChI=1S/C15H14ClN3O/c1-2-7-19-13(20)12-11(15(12,8-17)14(19)18)9-3-5-10(16)6-4-9/h3-6,11-12,18H,2,7H2,1H3/t11-,12+,15+/m1/s1. The number of nitrogens with one attached hydrogen (secondary N) is 1. The van der Waals surface area contributed by atoms with Crippen LogP contribution in [0.15, 0.2) is 24.3 Å². The molecule has 0 unspecified atom stereocenters. The summed E-state index contributed by atoms with van der Waals surface area (Å²) in [6, 6.07) is 9.43. The summed E-state index contributed by atoms with van der Waals surface area (Å²) in [5.74, 6) is -0.513. The van der Waals surface area contributed by atoms with E-state index in [0.29, 0.717) is 11.6 Å². The molecule has 1 N–H and O–H groups in total. The number of nitriles is 1. The summed E-state index contributed by atoms with van der Waals surface area (Å²) in [7, 11) is 0. The van der Waals surface area contributed by atoms with Crippen molar-refractivity contribution < 1.29 is 4.79 Å². The Bertz CT molecular complexity index is 634. The molecule has 2 fully saturated rings. The van der Waals surface area contributed by atoms with Gasteiger partial charge in [0.05, 0.1) is 12.0 Å². The van der Waals surface area contributed by atoms with Crippen LogP contribution < -0.4 is 0 Å². The molecule has 102 valence electrons. The minimum Gasteiger partial charge on any atom is -0.299 e. The van der Waals surface area contributed by atoms with E-state index < -0.39 is 11.3 Å². The number of hydrogen-bond acceptors (Lipinski definition) is 3. The second kappa shape index (κ2) is 4.32. The van der Waals surface area contributed by atoms with Crippen LogP contribution >= 0.6 is 11.6 Å². The van der Waals surface area contributed by atoms with E-state index in [1.165, 1.54) is 4.90 Å². The van der Waals surface area contributed by atoms with Gasteiger partial charge in [0.2, 0.25) is 5.91 Å². The maximum atomic E-state index is 12.4. The molecule has 0 bridgehead atoms. The summed E-state index contributed by atoms with van der Waals surface area (Å²) in [6.45, 7) is 2.48. The molecule has 2 aliphatic rings. The van der Waals surface area contributed by atoms with E-state index in [9.17, 15) is 10.1 Å². The lowest BCUT2D eigenvalue weighted by molar-refractivity contribution is -0.127. The van der Waals surface area contributed by atoms with Gasteiger partial charge in [-0.1, -0.05) is 30.7 Å². The van der Waals surface area contributed by atoms with Crippen molar-refractivity contribution >= 4 is 23.3 Å². The molecule has 1 heterocycles. The third-order valence-corrected chi connectivity index (χ3v) is 4.51. The zero-order valence-corrected chi connectivity index (χ0v) is 11.8. The number of fused-ring (bicyclic) bond motifs is 1. The van der Waals surface area contributed by atoms with Gasteiger partial charge in [-0.2, -0.15) is 5.26 Å². The molecule has 1 saturated carbocycles. The molecule has 0 aromatic heterocycles. The van der Waals surface area contributed by atoms with Gasteiger partial charge in [-0.15, -0.1) is 0 Å². The summed E-state index contributed by atoms with van der Waals surface area (Å²) >= 11 is 5.87. The highest BCUT2D eigenvalue weighted by Gasteiger charge is 2.78. The number of halogens is 1. The number of amidine groups is 1. The molecule has 3 rings (SSSR count). The Kier molecular flexibility index (Phi) is 2.84. The summed E-state index contributed by atoms with van der Waals surface area (Å²) in [6.07, 6.45) is 0.786. The number of rotatable bonds is 3. The molecule has 3 atom stereocenters. The van der Waals surface area contributed by atoms with Crippen LogP contribution in [0.3, 0.4) is 0 Å². The van der Waals surface area contributed by atoms with E-state index in [2.05, 4.69) is 6.07 Å². The van der Waals surface area contributed by atoms with E-state index >= 15 is 0 Å². The normalized spacial score (nSPS) is 31.1. The topological polar surface area (TPSA) is 68.0 Å². The zero-order valence-electron chi connectivity index (χ0n) is 11.1. The van der Waals surface area contributed by atoms with Crippen LogP contribution in [-0.2, 0) is 4.79 Å². The number of likely N-dealkylation sites (tertiary alicyclic amines) is 1. The Morgan fingerprint density at radius 3 is 2.55 bits per heavy atom. The monoisotopic (exact) mass is 287 g/mol. The average molecular weight is 288 g/mol. The molecule has 1 aromatic carbocycles. The van der Waals surface area contributed by atoms with Crippen molar-refractivity contribution in [2.45, 2.75) is 19.3 Å². The molecule has 1 saturated heterocycles. The van der Waals surface area contributed by atoms with Crippen molar-refractivity contribution in [2.24, 2.45) is 11.3 Å². The van der Waals surface area contributed by atoms with Gasteiger partial charge in [0.1, 0.15) is 11.3 Å². The Balaban J connectivity index is 1.96. The highest BCUT2D eigenvalue weighted by Crippen LogP contribution is 2.69. The minimum absolute atomic E-state index is 0.0849. The largest absolute Gasteiger partial charge is 0.299 e. The molecule has 20 heavy (non-hydrogen) atoms. The first-order chi connectivity index (χ1) is 9.57. The maximum Gasteiger partial charge on any atom is 0.233 e. The van der Waals surface area contributed by atoms with Gasteiger partial charge in [-0.05, 0) is 24.1 Å². The van der Waals surface area contributed by atoms with E-state index in [0.717, 1.165) is 12.0 Å². The Morgan fingerprint density at radius 1 is 1.40 bits per heavy atom. The number of carbonyl (C=O) groups is 1. The first-order valence-corrected chi connectivity index (χ1v) is 7.02. The fourth-order valence-electron chi connectivity index (χ4n) is 3.28. The molecule has 4 nitrogen and oxygen atoms in total. The lowest BCUT2D eigenvalue weighted by Crippen LogP contribution is -2.36. The van der Waals surface area contributed by atoms with E-state index in [1.54, 1.807) is 12.1 Å². The van der Waals surface area contributed by atoms with Crippen molar-refractivity contribution in [3.63, 3.8) is 0 Å². The predicted octanol–water partition coefficient (Wildman–Crippen LogP) is 2.79. The van der Waals surface area contributed by atoms with Crippen LogP contribution in [0.1, 0.15) is 24.8 Å². The van der Waals surface area contributed by atoms with Gasteiger partial charge >= 0.3 is 0 Å². The number of amides is 1. The number of hydrogen-bond donors (Lipinski definition) is 1. The Morgan fingerprint density at radius 2 is 2.05 bits per heavy atom. The van der Waals surface area contributed by atoms with Crippen molar-refractivity contribution in [3.8, 4) is 6.07 Å². The summed E-state index contributed by atoms with van der Waals surface area (Å²) in [4.78, 5) is 13.8. The van der Waals surface area contributed by atoms with E-state index in [1.807, 2.05) is 19.1 Å². The highest BCUT2D eigenvalue weighted by molar-refractivity contribution is 6.30. The van der Waals surface area contributed by atoms with E-state index in [-0.39, 0.29) is 17.7 Å². The molecule has 1 aliphatic heterocycles. The fraction of sp³-hybridized carbons (Fsp3) is 0.400. The summed E-state index contributed by atoms with van der Waals surface area (Å²) in [5, 5.41) is 18.4. The first kappa shape index (κ1) is 13.1.